The van der Waals surface area contributed by atoms with Gasteiger partial charge in [-0.15, -0.1) is 0 Å². The maximum atomic E-state index is 10.6. The van der Waals surface area contributed by atoms with E-state index in [1.54, 1.807) is 0 Å². The van der Waals surface area contributed by atoms with Crippen molar-refractivity contribution in [3.63, 3.8) is 0 Å². The fourth-order valence-electron chi connectivity index (χ4n) is 1.42. The standard InChI is InChI=1S/C10H8N4O3/c11-10(15)4-3-9-7-5-6(14(16)17)1-2-8(7)12-13-9/h1-5H,(H2,11,15)(H,12,13). The lowest BCUT2D eigenvalue weighted by atomic mass is 10.2. The molecule has 1 aromatic carbocycles. The number of nitro groups is 1. The molecule has 86 valence electrons. The SMILES string of the molecule is NC(=O)C=Cc1[nH]nc2ccc([N+](=O)[O-])cc12. The Morgan fingerprint density at radius 2 is 2.29 bits per heavy atom. The number of aromatic nitrogens is 2. The molecule has 7 nitrogen and oxygen atoms in total. The molecule has 0 saturated carbocycles. The van der Waals surface area contributed by atoms with Crippen molar-refractivity contribution in [2.45, 2.75) is 0 Å². The second kappa shape index (κ2) is 4.05. The van der Waals surface area contributed by atoms with Gasteiger partial charge in [0.05, 0.1) is 16.1 Å². The van der Waals surface area contributed by atoms with Gasteiger partial charge in [-0.25, -0.2) is 0 Å². The number of H-pyrrole nitrogens is 1. The quantitative estimate of drug-likeness (QED) is 0.466. The molecule has 0 unspecified atom stereocenters. The summed E-state index contributed by atoms with van der Waals surface area (Å²) in [4.78, 5) is 20.7. The number of nitrogens with two attached hydrogens (primary N) is 1. The highest BCUT2D eigenvalue weighted by Crippen LogP contribution is 2.22. The Balaban J connectivity index is 2.54. The van der Waals surface area contributed by atoms with Crippen LogP contribution in [0.5, 0.6) is 0 Å². The van der Waals surface area contributed by atoms with Crippen LogP contribution in [0.1, 0.15) is 5.69 Å². The lowest BCUT2D eigenvalue weighted by Gasteiger charge is -1.92. The second-order valence-corrected chi connectivity index (χ2v) is 3.33. The van der Waals surface area contributed by atoms with Gasteiger partial charge >= 0.3 is 0 Å². The largest absolute Gasteiger partial charge is 0.366 e. The van der Waals surface area contributed by atoms with Crippen LogP contribution >= 0.6 is 0 Å². The van der Waals surface area contributed by atoms with Crippen LogP contribution in [0.3, 0.4) is 0 Å². The smallest absolute Gasteiger partial charge is 0.270 e. The predicted octanol–water partition coefficient (Wildman–Crippen LogP) is 0.970. The molecule has 0 atom stereocenters. The molecule has 0 spiro atoms. The zero-order valence-corrected chi connectivity index (χ0v) is 8.58. The first-order valence-electron chi connectivity index (χ1n) is 4.68. The number of amides is 1. The van der Waals surface area contributed by atoms with Gasteiger partial charge in [-0.05, 0) is 12.1 Å². The molecule has 0 aliphatic heterocycles. The molecule has 0 fully saturated rings. The molecule has 0 radical (unpaired) electrons. The van der Waals surface area contributed by atoms with Gasteiger partial charge in [0.2, 0.25) is 5.91 Å². The molecule has 0 aliphatic rings. The number of fused-ring (bicyclic) bond motifs is 1. The molecule has 0 saturated heterocycles. The number of nitrogens with zero attached hydrogens (tertiary/aromatic N) is 2. The van der Waals surface area contributed by atoms with Crippen LogP contribution in [0.25, 0.3) is 17.0 Å². The van der Waals surface area contributed by atoms with Crippen LogP contribution < -0.4 is 5.73 Å². The predicted molar refractivity (Wildman–Crippen MR) is 61.0 cm³/mol. The molecule has 3 N–H and O–H groups in total. The summed E-state index contributed by atoms with van der Waals surface area (Å²) in [6, 6.07) is 4.29. The summed E-state index contributed by atoms with van der Waals surface area (Å²) in [6.07, 6.45) is 2.59. The van der Waals surface area contributed by atoms with Gasteiger partial charge in [0.15, 0.2) is 0 Å². The van der Waals surface area contributed by atoms with E-state index in [2.05, 4.69) is 10.2 Å². The number of carbonyl (C=O) groups excluding carboxylic acids is 1. The number of primary amides is 1. The van der Waals surface area contributed by atoms with E-state index < -0.39 is 10.8 Å². The van der Waals surface area contributed by atoms with Gasteiger partial charge < -0.3 is 5.73 Å². The summed E-state index contributed by atoms with van der Waals surface area (Å²) >= 11 is 0. The fourth-order valence-corrected chi connectivity index (χ4v) is 1.42. The maximum absolute atomic E-state index is 10.6. The molecule has 7 heteroatoms. The third kappa shape index (κ3) is 2.12. The summed E-state index contributed by atoms with van der Waals surface area (Å²) in [5.74, 6) is -0.599. The van der Waals surface area contributed by atoms with E-state index in [9.17, 15) is 14.9 Å². The summed E-state index contributed by atoms with van der Waals surface area (Å²) in [5.41, 5.74) is 6.01. The fraction of sp³-hybridized carbons (Fsp3) is 0. The van der Waals surface area contributed by atoms with E-state index in [1.165, 1.54) is 24.3 Å². The molecule has 0 aliphatic carbocycles. The topological polar surface area (TPSA) is 115 Å². The lowest BCUT2D eigenvalue weighted by Crippen LogP contribution is -2.05. The van der Waals surface area contributed by atoms with E-state index in [4.69, 9.17) is 5.73 Å². The van der Waals surface area contributed by atoms with E-state index in [1.807, 2.05) is 0 Å². The van der Waals surface area contributed by atoms with Crippen LogP contribution in [0.15, 0.2) is 24.3 Å². The van der Waals surface area contributed by atoms with E-state index in [0.29, 0.717) is 16.6 Å². The van der Waals surface area contributed by atoms with E-state index >= 15 is 0 Å². The summed E-state index contributed by atoms with van der Waals surface area (Å²) in [6.45, 7) is 0. The average molecular weight is 232 g/mol. The van der Waals surface area contributed by atoms with Crippen molar-refractivity contribution in [1.29, 1.82) is 0 Å². The number of nitro benzene ring substituents is 1. The minimum Gasteiger partial charge on any atom is -0.366 e. The molecule has 2 aromatic rings. The van der Waals surface area contributed by atoms with Crippen LogP contribution in [-0.4, -0.2) is 21.0 Å². The Bertz CT molecular complexity index is 630. The van der Waals surface area contributed by atoms with Crippen LogP contribution in [0.4, 0.5) is 5.69 Å². The Kier molecular flexibility index (Phi) is 2.57. The first-order valence-corrected chi connectivity index (χ1v) is 4.68. The molecule has 0 bridgehead atoms. The summed E-state index contributed by atoms with van der Waals surface area (Å²) < 4.78 is 0. The van der Waals surface area contributed by atoms with E-state index in [0.717, 1.165) is 6.08 Å². The van der Waals surface area contributed by atoms with Crippen LogP contribution in [-0.2, 0) is 4.79 Å². The van der Waals surface area contributed by atoms with Crippen molar-refractivity contribution >= 4 is 28.6 Å². The van der Waals surface area contributed by atoms with Gasteiger partial charge in [0.1, 0.15) is 0 Å². The number of aromatic amines is 1. The molecular weight excluding hydrogens is 224 g/mol. The Hall–Kier alpha value is -2.70. The highest BCUT2D eigenvalue weighted by Gasteiger charge is 2.10. The van der Waals surface area contributed by atoms with Gasteiger partial charge in [0, 0.05) is 23.6 Å². The molecule has 1 aromatic heterocycles. The van der Waals surface area contributed by atoms with E-state index in [-0.39, 0.29) is 5.69 Å². The highest BCUT2D eigenvalue weighted by atomic mass is 16.6. The minimum atomic E-state index is -0.599. The number of rotatable bonds is 3. The molecule has 17 heavy (non-hydrogen) atoms. The van der Waals surface area contributed by atoms with Crippen LogP contribution in [0, 0.1) is 10.1 Å². The maximum Gasteiger partial charge on any atom is 0.270 e. The monoisotopic (exact) mass is 232 g/mol. The van der Waals surface area contributed by atoms with Crippen molar-refractivity contribution in [2.24, 2.45) is 5.73 Å². The number of hydrogen-bond acceptors (Lipinski definition) is 4. The average Bonchev–Trinajstić information content (AvgIpc) is 2.68. The van der Waals surface area contributed by atoms with Gasteiger partial charge in [-0.2, -0.15) is 5.10 Å². The molecular formula is C10H8N4O3. The third-order valence-corrected chi connectivity index (χ3v) is 2.19. The van der Waals surface area contributed by atoms with Crippen molar-refractivity contribution in [3.05, 3.63) is 40.1 Å². The third-order valence-electron chi connectivity index (χ3n) is 2.19. The first-order chi connectivity index (χ1) is 8.08. The minimum absolute atomic E-state index is 0.0346. The second-order valence-electron chi connectivity index (χ2n) is 3.33. The highest BCUT2D eigenvalue weighted by molar-refractivity contribution is 5.94. The first kappa shape index (κ1) is 10.8. The number of non-ortho nitro benzene ring substituents is 1. The molecule has 1 amide bonds. The zero-order chi connectivity index (χ0) is 12.4. The van der Waals surface area contributed by atoms with Crippen molar-refractivity contribution in [1.82, 2.24) is 10.2 Å². The van der Waals surface area contributed by atoms with Crippen molar-refractivity contribution in [2.75, 3.05) is 0 Å². The Morgan fingerprint density at radius 1 is 1.53 bits per heavy atom. The number of benzene rings is 1. The van der Waals surface area contributed by atoms with Crippen LogP contribution in [0.2, 0.25) is 0 Å². The molecule has 2 rings (SSSR count). The Morgan fingerprint density at radius 3 is 2.94 bits per heavy atom. The zero-order valence-electron chi connectivity index (χ0n) is 8.58. The van der Waals surface area contributed by atoms with Crippen molar-refractivity contribution in [3.8, 4) is 0 Å². The molecule has 1 heterocycles. The summed E-state index contributed by atoms with van der Waals surface area (Å²) in [7, 11) is 0. The van der Waals surface area contributed by atoms with Crippen molar-refractivity contribution < 1.29 is 9.72 Å². The summed E-state index contributed by atoms with van der Waals surface area (Å²) in [5, 5.41) is 17.8. The lowest BCUT2D eigenvalue weighted by molar-refractivity contribution is -0.384. The Labute approximate surface area is 95.1 Å². The number of nitrogens with one attached hydrogen (secondary N) is 1. The van der Waals surface area contributed by atoms with Gasteiger partial charge in [-0.3, -0.25) is 20.0 Å². The number of hydrogen-bond donors (Lipinski definition) is 2. The number of carbonyl (C=O) groups is 1. The normalized spacial score (nSPS) is 11.1. The van der Waals surface area contributed by atoms with Gasteiger partial charge in [-0.1, -0.05) is 0 Å². The van der Waals surface area contributed by atoms with Gasteiger partial charge in [0.25, 0.3) is 5.69 Å².